The van der Waals surface area contributed by atoms with Gasteiger partial charge in [0.05, 0.1) is 0 Å². The van der Waals surface area contributed by atoms with Crippen LogP contribution in [0.25, 0.3) is 10.8 Å². The van der Waals surface area contributed by atoms with Crippen LogP contribution >= 0.6 is 22.6 Å². The number of hydrogen-bond donors (Lipinski definition) is 0. The van der Waals surface area contributed by atoms with E-state index in [0.29, 0.717) is 5.75 Å². The van der Waals surface area contributed by atoms with Crippen molar-refractivity contribution in [2.24, 2.45) is 0 Å². The number of esters is 1. The van der Waals surface area contributed by atoms with Crippen LogP contribution in [0.5, 0.6) is 5.75 Å². The van der Waals surface area contributed by atoms with E-state index in [1.54, 1.807) is 0 Å². The van der Waals surface area contributed by atoms with Gasteiger partial charge in [0, 0.05) is 0 Å². The van der Waals surface area contributed by atoms with Gasteiger partial charge >= 0.3 is 5.97 Å². The summed E-state index contributed by atoms with van der Waals surface area (Å²) in [5, 5.41) is 2.22. The van der Waals surface area contributed by atoms with Gasteiger partial charge in [-0.15, -0.1) is 0 Å². The fraction of sp³-hybridized carbons (Fsp3) is 0.267. The molecule has 2 aromatic carbocycles. The minimum atomic E-state index is -0.469. The number of ether oxygens (including phenoxy) is 1. The van der Waals surface area contributed by atoms with Gasteiger partial charge in [0.15, 0.2) is 0 Å². The highest BCUT2D eigenvalue weighted by Crippen LogP contribution is 2.27. The van der Waals surface area contributed by atoms with Crippen molar-refractivity contribution in [2.45, 2.75) is 23.7 Å². The van der Waals surface area contributed by atoms with Gasteiger partial charge in [-0.05, 0) is 36.2 Å². The predicted octanol–water partition coefficient (Wildman–Crippen LogP) is 4.35. The van der Waals surface area contributed by atoms with E-state index in [2.05, 4.69) is 22.6 Å². The van der Waals surface area contributed by atoms with Gasteiger partial charge < -0.3 is 4.74 Å². The monoisotopic (exact) mass is 354 g/mol. The Labute approximate surface area is 120 Å². The lowest BCUT2D eigenvalue weighted by Crippen LogP contribution is -2.31. The molecule has 2 aromatic rings. The van der Waals surface area contributed by atoms with Gasteiger partial charge in [0.2, 0.25) is 0 Å². The summed E-state index contributed by atoms with van der Waals surface area (Å²) in [5.74, 6) is 0.413. The number of carbonyl (C=O) groups is 1. The van der Waals surface area contributed by atoms with Crippen molar-refractivity contribution in [3.63, 3.8) is 0 Å². The van der Waals surface area contributed by atoms with Crippen LogP contribution in [0, 0.1) is 0 Å². The SMILES string of the molecule is CCC(C)(I)C(=O)Oc1ccc2ccccc2c1. The predicted molar refractivity (Wildman–Crippen MR) is 82.3 cm³/mol. The third-order valence-electron chi connectivity index (χ3n) is 3.02. The molecule has 1 unspecified atom stereocenters. The van der Waals surface area contributed by atoms with Crippen molar-refractivity contribution in [1.29, 1.82) is 0 Å². The first-order valence-corrected chi connectivity index (χ1v) is 7.01. The van der Waals surface area contributed by atoms with E-state index in [9.17, 15) is 4.79 Å². The summed E-state index contributed by atoms with van der Waals surface area (Å²) < 4.78 is 4.96. The molecule has 2 rings (SSSR count). The molecule has 94 valence electrons. The van der Waals surface area contributed by atoms with Gasteiger partial charge in [-0.3, -0.25) is 4.79 Å². The molecule has 3 heteroatoms. The minimum Gasteiger partial charge on any atom is -0.426 e. The molecule has 0 amide bonds. The van der Waals surface area contributed by atoms with Crippen molar-refractivity contribution < 1.29 is 9.53 Å². The second-order valence-electron chi connectivity index (χ2n) is 4.45. The van der Waals surface area contributed by atoms with Crippen LogP contribution in [0.1, 0.15) is 20.3 Å². The van der Waals surface area contributed by atoms with Crippen LogP contribution in [-0.2, 0) is 4.79 Å². The Morgan fingerprint density at radius 1 is 1.22 bits per heavy atom. The number of halogens is 1. The molecule has 1 atom stereocenters. The maximum atomic E-state index is 12.0. The third-order valence-corrected chi connectivity index (χ3v) is 4.22. The molecule has 0 saturated heterocycles. The Kier molecular flexibility index (Phi) is 3.90. The molecule has 2 nitrogen and oxygen atoms in total. The maximum Gasteiger partial charge on any atom is 0.327 e. The van der Waals surface area contributed by atoms with E-state index in [-0.39, 0.29) is 5.97 Å². The van der Waals surface area contributed by atoms with Crippen LogP contribution in [0.15, 0.2) is 42.5 Å². The van der Waals surface area contributed by atoms with Crippen LogP contribution in [0.4, 0.5) is 0 Å². The molecular formula is C15H15IO2. The van der Waals surface area contributed by atoms with Gasteiger partial charge in [0.1, 0.15) is 9.17 Å². The van der Waals surface area contributed by atoms with Crippen molar-refractivity contribution >= 4 is 39.3 Å². The summed E-state index contributed by atoms with van der Waals surface area (Å²) >= 11 is 2.14. The van der Waals surface area contributed by atoms with Crippen molar-refractivity contribution in [1.82, 2.24) is 0 Å². The molecule has 0 saturated carbocycles. The summed E-state index contributed by atoms with van der Waals surface area (Å²) in [5.41, 5.74) is 0. The van der Waals surface area contributed by atoms with E-state index in [4.69, 9.17) is 4.74 Å². The fourth-order valence-corrected chi connectivity index (χ4v) is 1.70. The molecular weight excluding hydrogens is 339 g/mol. The highest BCUT2D eigenvalue weighted by molar-refractivity contribution is 14.1. The molecule has 0 radical (unpaired) electrons. The number of rotatable bonds is 3. The van der Waals surface area contributed by atoms with E-state index in [1.807, 2.05) is 56.3 Å². The Morgan fingerprint density at radius 2 is 1.89 bits per heavy atom. The van der Waals surface area contributed by atoms with Crippen molar-refractivity contribution in [2.75, 3.05) is 0 Å². The Balaban J connectivity index is 2.25. The Morgan fingerprint density at radius 3 is 2.56 bits per heavy atom. The summed E-state index contributed by atoms with van der Waals surface area (Å²) in [6.07, 6.45) is 0.750. The van der Waals surface area contributed by atoms with Crippen molar-refractivity contribution in [3.8, 4) is 5.75 Å². The lowest BCUT2D eigenvalue weighted by molar-refractivity contribution is -0.136. The van der Waals surface area contributed by atoms with Gasteiger partial charge in [-0.1, -0.05) is 59.8 Å². The Bertz CT molecular complexity index is 575. The fourth-order valence-electron chi connectivity index (χ4n) is 1.59. The van der Waals surface area contributed by atoms with E-state index in [0.717, 1.165) is 17.2 Å². The van der Waals surface area contributed by atoms with Gasteiger partial charge in [-0.25, -0.2) is 0 Å². The molecule has 0 N–H and O–H groups in total. The highest BCUT2D eigenvalue weighted by Gasteiger charge is 2.29. The number of fused-ring (bicyclic) bond motifs is 1. The summed E-state index contributed by atoms with van der Waals surface area (Å²) in [6.45, 7) is 3.87. The van der Waals surface area contributed by atoms with Gasteiger partial charge in [-0.2, -0.15) is 0 Å². The van der Waals surface area contributed by atoms with Crippen molar-refractivity contribution in [3.05, 3.63) is 42.5 Å². The number of benzene rings is 2. The number of alkyl halides is 1. The summed E-state index contributed by atoms with van der Waals surface area (Å²) in [6, 6.07) is 13.7. The van der Waals surface area contributed by atoms with Crippen LogP contribution < -0.4 is 4.74 Å². The second-order valence-corrected chi connectivity index (χ2v) is 6.83. The summed E-state index contributed by atoms with van der Waals surface area (Å²) in [7, 11) is 0. The second kappa shape index (κ2) is 5.26. The molecule has 0 aliphatic carbocycles. The minimum absolute atomic E-state index is 0.194. The third kappa shape index (κ3) is 2.83. The van der Waals surface area contributed by atoms with Gasteiger partial charge in [0.25, 0.3) is 0 Å². The average Bonchev–Trinajstić information content (AvgIpc) is 2.38. The quantitative estimate of drug-likeness (QED) is 0.355. The number of hydrogen-bond acceptors (Lipinski definition) is 2. The van der Waals surface area contributed by atoms with Crippen LogP contribution in [0.2, 0.25) is 0 Å². The van der Waals surface area contributed by atoms with Crippen LogP contribution in [0.3, 0.4) is 0 Å². The maximum absolute atomic E-state index is 12.0. The van der Waals surface area contributed by atoms with Crippen LogP contribution in [-0.4, -0.2) is 9.39 Å². The zero-order valence-corrected chi connectivity index (χ0v) is 12.6. The molecule has 0 fully saturated rings. The van der Waals surface area contributed by atoms with E-state index >= 15 is 0 Å². The molecule has 0 bridgehead atoms. The lowest BCUT2D eigenvalue weighted by Gasteiger charge is -2.18. The molecule has 0 spiro atoms. The molecule has 0 heterocycles. The largest absolute Gasteiger partial charge is 0.426 e. The Hall–Kier alpha value is -1.10. The number of carbonyl (C=O) groups excluding carboxylic acids is 1. The smallest absolute Gasteiger partial charge is 0.327 e. The standard InChI is InChI=1S/C15H15IO2/c1-3-15(2,16)14(17)18-13-9-8-11-6-4-5-7-12(11)10-13/h4-10H,3H2,1-2H3. The van der Waals surface area contributed by atoms with E-state index < -0.39 is 3.42 Å². The molecule has 18 heavy (non-hydrogen) atoms. The molecule has 0 aliphatic rings. The lowest BCUT2D eigenvalue weighted by atomic mass is 10.1. The first-order valence-electron chi connectivity index (χ1n) is 5.93. The molecule has 0 aliphatic heterocycles. The van der Waals surface area contributed by atoms with E-state index in [1.165, 1.54) is 0 Å². The first-order chi connectivity index (χ1) is 8.53. The zero-order valence-electron chi connectivity index (χ0n) is 10.4. The first kappa shape index (κ1) is 13.3. The zero-order chi connectivity index (χ0) is 13.2. The highest BCUT2D eigenvalue weighted by atomic mass is 127. The average molecular weight is 354 g/mol. The molecule has 0 aromatic heterocycles. The summed E-state index contributed by atoms with van der Waals surface area (Å²) in [4.78, 5) is 12.0. The topological polar surface area (TPSA) is 26.3 Å². The normalized spacial score (nSPS) is 14.2.